The summed E-state index contributed by atoms with van der Waals surface area (Å²) in [5.74, 6) is 0.250. The first kappa shape index (κ1) is 22.2. The number of ether oxygens (including phenoxy) is 1. The standard InChI is InChI=1S/C22H27FN6O2/c1-14(2)12-29-13-18(11-27-29)28-22-25-9-15(10-26-22)5-6-16-7-17(21(30)24-3)8-19(31-4)20(16)23/h7-11,13-14H,5-6,12H2,1-4H3,(H,24,30)(H,25,26,28). The molecule has 9 heteroatoms. The second-order valence-electron chi connectivity index (χ2n) is 7.62. The fraction of sp³-hybridized carbons (Fsp3) is 0.364. The molecular formula is C22H27FN6O2. The molecule has 2 aromatic heterocycles. The number of nitrogens with zero attached hydrogens (tertiary/aromatic N) is 4. The van der Waals surface area contributed by atoms with Crippen LogP contribution in [0.25, 0.3) is 0 Å². The first-order valence-electron chi connectivity index (χ1n) is 10.1. The molecule has 1 aromatic carbocycles. The van der Waals surface area contributed by atoms with Gasteiger partial charge in [0, 0.05) is 37.7 Å². The molecule has 2 heterocycles. The van der Waals surface area contributed by atoms with Gasteiger partial charge in [0.2, 0.25) is 5.95 Å². The number of benzene rings is 1. The summed E-state index contributed by atoms with van der Waals surface area (Å²) in [6.07, 6.45) is 7.94. The lowest BCUT2D eigenvalue weighted by Crippen LogP contribution is -2.18. The van der Waals surface area contributed by atoms with Gasteiger partial charge in [0.1, 0.15) is 0 Å². The van der Waals surface area contributed by atoms with E-state index < -0.39 is 5.82 Å². The van der Waals surface area contributed by atoms with E-state index in [1.165, 1.54) is 20.2 Å². The van der Waals surface area contributed by atoms with Crippen LogP contribution in [0.1, 0.15) is 35.3 Å². The van der Waals surface area contributed by atoms with Gasteiger partial charge in [0.25, 0.3) is 5.91 Å². The van der Waals surface area contributed by atoms with Gasteiger partial charge in [-0.15, -0.1) is 0 Å². The molecule has 0 radical (unpaired) electrons. The summed E-state index contributed by atoms with van der Waals surface area (Å²) in [5.41, 5.74) is 2.42. The molecule has 0 spiro atoms. The maximum Gasteiger partial charge on any atom is 0.251 e. The molecule has 0 aliphatic rings. The Morgan fingerprint density at radius 1 is 1.19 bits per heavy atom. The van der Waals surface area contributed by atoms with Crippen molar-refractivity contribution in [1.29, 1.82) is 0 Å². The quantitative estimate of drug-likeness (QED) is 0.545. The van der Waals surface area contributed by atoms with Crippen molar-refractivity contribution in [2.75, 3.05) is 19.5 Å². The number of aryl methyl sites for hydroxylation is 2. The Hall–Kier alpha value is -3.49. The molecule has 0 fully saturated rings. The molecule has 31 heavy (non-hydrogen) atoms. The Kier molecular flexibility index (Phi) is 7.17. The predicted molar refractivity (Wildman–Crippen MR) is 116 cm³/mol. The molecule has 0 aliphatic carbocycles. The second-order valence-corrected chi connectivity index (χ2v) is 7.62. The van der Waals surface area contributed by atoms with Crippen LogP contribution in [-0.2, 0) is 19.4 Å². The summed E-state index contributed by atoms with van der Waals surface area (Å²) in [6, 6.07) is 2.94. The summed E-state index contributed by atoms with van der Waals surface area (Å²) < 4.78 is 21.6. The molecule has 0 saturated carbocycles. The topological polar surface area (TPSA) is 94.0 Å². The lowest BCUT2D eigenvalue weighted by atomic mass is 10.0. The zero-order chi connectivity index (χ0) is 22.4. The fourth-order valence-corrected chi connectivity index (χ4v) is 3.12. The van der Waals surface area contributed by atoms with Crippen molar-refractivity contribution in [2.45, 2.75) is 33.2 Å². The lowest BCUT2D eigenvalue weighted by Gasteiger charge is -2.11. The Bertz CT molecular complexity index is 1030. The number of carbonyl (C=O) groups is 1. The van der Waals surface area contributed by atoms with Gasteiger partial charge in [0.15, 0.2) is 11.6 Å². The van der Waals surface area contributed by atoms with Crippen LogP contribution in [0.15, 0.2) is 36.9 Å². The third kappa shape index (κ3) is 5.78. The van der Waals surface area contributed by atoms with Gasteiger partial charge in [-0.25, -0.2) is 14.4 Å². The minimum absolute atomic E-state index is 0.0462. The lowest BCUT2D eigenvalue weighted by molar-refractivity contribution is 0.0962. The van der Waals surface area contributed by atoms with E-state index in [0.717, 1.165) is 17.8 Å². The van der Waals surface area contributed by atoms with Crippen LogP contribution < -0.4 is 15.4 Å². The molecule has 0 saturated heterocycles. The summed E-state index contributed by atoms with van der Waals surface area (Å²) in [7, 11) is 2.90. The molecule has 1 amide bonds. The van der Waals surface area contributed by atoms with Crippen molar-refractivity contribution < 1.29 is 13.9 Å². The Morgan fingerprint density at radius 2 is 1.94 bits per heavy atom. The number of anilines is 2. The van der Waals surface area contributed by atoms with Crippen LogP contribution in [0.2, 0.25) is 0 Å². The molecule has 3 aromatic rings. The van der Waals surface area contributed by atoms with E-state index in [2.05, 4.69) is 39.5 Å². The van der Waals surface area contributed by atoms with Crippen molar-refractivity contribution in [3.8, 4) is 5.75 Å². The smallest absolute Gasteiger partial charge is 0.251 e. The maximum atomic E-state index is 14.6. The van der Waals surface area contributed by atoms with Gasteiger partial charge in [-0.3, -0.25) is 9.48 Å². The molecular weight excluding hydrogens is 399 g/mol. The van der Waals surface area contributed by atoms with Crippen molar-refractivity contribution in [1.82, 2.24) is 25.1 Å². The van der Waals surface area contributed by atoms with Crippen LogP contribution in [0.3, 0.4) is 0 Å². The molecule has 3 rings (SSSR count). The maximum absolute atomic E-state index is 14.6. The van der Waals surface area contributed by atoms with Crippen molar-refractivity contribution in [3.63, 3.8) is 0 Å². The van der Waals surface area contributed by atoms with E-state index in [1.54, 1.807) is 24.7 Å². The highest BCUT2D eigenvalue weighted by Gasteiger charge is 2.15. The van der Waals surface area contributed by atoms with Gasteiger partial charge in [0.05, 0.1) is 19.0 Å². The SMILES string of the molecule is CNC(=O)c1cc(CCc2cnc(Nc3cnn(CC(C)C)c3)nc2)c(F)c(OC)c1. The van der Waals surface area contributed by atoms with Gasteiger partial charge in [-0.2, -0.15) is 5.10 Å². The second kappa shape index (κ2) is 10.0. The summed E-state index contributed by atoms with van der Waals surface area (Å²) in [6.45, 7) is 5.10. The van der Waals surface area contributed by atoms with Crippen LogP contribution in [0.5, 0.6) is 5.75 Å². The van der Waals surface area contributed by atoms with Crippen LogP contribution in [-0.4, -0.2) is 39.8 Å². The number of halogens is 1. The Labute approximate surface area is 180 Å². The zero-order valence-corrected chi connectivity index (χ0v) is 18.1. The van der Waals surface area contributed by atoms with Gasteiger partial charge < -0.3 is 15.4 Å². The van der Waals surface area contributed by atoms with Crippen molar-refractivity contribution >= 4 is 17.5 Å². The normalized spacial score (nSPS) is 10.9. The Morgan fingerprint density at radius 3 is 2.58 bits per heavy atom. The summed E-state index contributed by atoms with van der Waals surface area (Å²) >= 11 is 0. The van der Waals surface area contributed by atoms with Gasteiger partial charge >= 0.3 is 0 Å². The first-order chi connectivity index (χ1) is 14.9. The molecule has 0 bridgehead atoms. The highest BCUT2D eigenvalue weighted by atomic mass is 19.1. The third-order valence-electron chi connectivity index (χ3n) is 4.65. The molecule has 0 aliphatic heterocycles. The van der Waals surface area contributed by atoms with Gasteiger partial charge in [-0.1, -0.05) is 13.8 Å². The van der Waals surface area contributed by atoms with Crippen LogP contribution >= 0.6 is 0 Å². The largest absolute Gasteiger partial charge is 0.494 e. The number of nitrogens with one attached hydrogen (secondary N) is 2. The van der Waals surface area contributed by atoms with Gasteiger partial charge in [-0.05, 0) is 42.0 Å². The van der Waals surface area contributed by atoms with E-state index in [4.69, 9.17) is 4.74 Å². The van der Waals surface area contributed by atoms with Crippen molar-refractivity contribution in [2.24, 2.45) is 5.92 Å². The average Bonchev–Trinajstić information content (AvgIpc) is 3.19. The van der Waals surface area contributed by atoms with E-state index in [1.807, 2.05) is 10.9 Å². The molecule has 2 N–H and O–H groups in total. The van der Waals surface area contributed by atoms with Crippen LogP contribution in [0, 0.1) is 11.7 Å². The fourth-order valence-electron chi connectivity index (χ4n) is 3.12. The molecule has 0 unspecified atom stereocenters. The summed E-state index contributed by atoms with van der Waals surface area (Å²) in [4.78, 5) is 20.6. The number of amides is 1. The zero-order valence-electron chi connectivity index (χ0n) is 18.1. The molecule has 8 nitrogen and oxygen atoms in total. The number of methoxy groups -OCH3 is 1. The van der Waals surface area contributed by atoms with E-state index in [9.17, 15) is 9.18 Å². The number of rotatable bonds is 9. The summed E-state index contributed by atoms with van der Waals surface area (Å²) in [5, 5.41) is 9.97. The number of hydrogen-bond donors (Lipinski definition) is 2. The average molecular weight is 426 g/mol. The van der Waals surface area contributed by atoms with E-state index >= 15 is 0 Å². The number of hydrogen-bond acceptors (Lipinski definition) is 6. The van der Waals surface area contributed by atoms with E-state index in [-0.39, 0.29) is 11.7 Å². The highest BCUT2D eigenvalue weighted by Crippen LogP contribution is 2.24. The number of carbonyl (C=O) groups excluding carboxylic acids is 1. The monoisotopic (exact) mass is 426 g/mol. The minimum atomic E-state index is -0.465. The Balaban J connectivity index is 1.65. The van der Waals surface area contributed by atoms with Crippen LogP contribution in [0.4, 0.5) is 16.0 Å². The highest BCUT2D eigenvalue weighted by molar-refractivity contribution is 5.94. The molecule has 0 atom stereocenters. The molecule has 164 valence electrons. The van der Waals surface area contributed by atoms with Crippen molar-refractivity contribution in [3.05, 3.63) is 59.4 Å². The third-order valence-corrected chi connectivity index (χ3v) is 4.65. The number of aromatic nitrogens is 4. The predicted octanol–water partition coefficient (Wildman–Crippen LogP) is 3.37. The first-order valence-corrected chi connectivity index (χ1v) is 10.1. The van der Waals surface area contributed by atoms with E-state index in [0.29, 0.717) is 35.8 Å². The minimum Gasteiger partial charge on any atom is -0.494 e.